The highest BCUT2D eigenvalue weighted by Crippen LogP contribution is 2.31. The lowest BCUT2D eigenvalue weighted by atomic mass is 10.1. The predicted molar refractivity (Wildman–Crippen MR) is 108 cm³/mol. The van der Waals surface area contributed by atoms with Crippen molar-refractivity contribution < 1.29 is 24.2 Å². The zero-order valence-corrected chi connectivity index (χ0v) is 17.0. The molecule has 1 aromatic heterocycles. The normalized spacial score (nSPS) is 16.2. The number of amides is 1. The lowest BCUT2D eigenvalue weighted by Gasteiger charge is -2.23. The Kier molecular flexibility index (Phi) is 7.61. The maximum absolute atomic E-state index is 12.9. The molecule has 10 nitrogen and oxygen atoms in total. The first-order valence-electron chi connectivity index (χ1n) is 10.0. The van der Waals surface area contributed by atoms with E-state index in [1.165, 1.54) is 0 Å². The van der Waals surface area contributed by atoms with Gasteiger partial charge in [-0.15, -0.1) is 0 Å². The van der Waals surface area contributed by atoms with Crippen molar-refractivity contribution in [2.45, 2.75) is 26.3 Å². The van der Waals surface area contributed by atoms with Crippen LogP contribution in [0.1, 0.15) is 35.4 Å². The lowest BCUT2D eigenvalue weighted by Crippen LogP contribution is -2.35. The Hall–Kier alpha value is -3.14. The van der Waals surface area contributed by atoms with Gasteiger partial charge in [0.15, 0.2) is 11.5 Å². The van der Waals surface area contributed by atoms with Gasteiger partial charge in [-0.2, -0.15) is 5.10 Å². The average Bonchev–Trinajstić information content (AvgIpc) is 3.10. The summed E-state index contributed by atoms with van der Waals surface area (Å²) in [5, 5.41) is 14.1. The van der Waals surface area contributed by atoms with Crippen LogP contribution in [0.2, 0.25) is 0 Å². The molecule has 2 aliphatic rings. The molecule has 0 aliphatic carbocycles. The van der Waals surface area contributed by atoms with Crippen LogP contribution in [0.15, 0.2) is 18.2 Å². The van der Waals surface area contributed by atoms with Crippen LogP contribution < -0.4 is 9.47 Å². The van der Waals surface area contributed by atoms with Gasteiger partial charge in [0, 0.05) is 38.2 Å². The minimum atomic E-state index is -0.250. The molecule has 0 unspecified atom stereocenters. The number of carboxylic acid groups (broad SMARTS) is 1. The largest absolute Gasteiger partial charge is 0.486 e. The third-order valence-corrected chi connectivity index (χ3v) is 4.93. The first-order valence-corrected chi connectivity index (χ1v) is 10.0. The van der Waals surface area contributed by atoms with E-state index in [1.807, 2.05) is 24.0 Å². The van der Waals surface area contributed by atoms with Crippen molar-refractivity contribution in [3.05, 3.63) is 35.4 Å². The number of aromatic nitrogens is 3. The van der Waals surface area contributed by atoms with Gasteiger partial charge in [0.25, 0.3) is 12.4 Å². The van der Waals surface area contributed by atoms with E-state index in [4.69, 9.17) is 19.4 Å². The van der Waals surface area contributed by atoms with Gasteiger partial charge in [0.1, 0.15) is 24.9 Å². The van der Waals surface area contributed by atoms with Crippen molar-refractivity contribution in [2.75, 3.05) is 39.4 Å². The Morgan fingerprint density at radius 2 is 1.97 bits per heavy atom. The van der Waals surface area contributed by atoms with Crippen LogP contribution in [0.3, 0.4) is 0 Å². The van der Waals surface area contributed by atoms with Gasteiger partial charge in [0.2, 0.25) is 0 Å². The molecule has 1 aromatic carbocycles. The van der Waals surface area contributed by atoms with Crippen molar-refractivity contribution in [2.24, 2.45) is 0 Å². The fraction of sp³-hybridized carbons (Fsp3) is 0.500. The summed E-state index contributed by atoms with van der Waals surface area (Å²) in [7, 11) is 0. The Balaban J connectivity index is 0.000000806. The van der Waals surface area contributed by atoms with Gasteiger partial charge in [-0.3, -0.25) is 19.6 Å². The molecule has 4 rings (SSSR count). The summed E-state index contributed by atoms with van der Waals surface area (Å²) >= 11 is 0. The van der Waals surface area contributed by atoms with E-state index in [1.54, 1.807) is 6.07 Å². The number of nitrogens with one attached hydrogen (secondary N) is 1. The molecule has 2 aliphatic heterocycles. The maximum Gasteiger partial charge on any atom is 0.290 e. The number of fused-ring (bicyclic) bond motifs is 1. The van der Waals surface area contributed by atoms with Crippen LogP contribution in [0.5, 0.6) is 11.5 Å². The molecule has 0 spiro atoms. The highest BCUT2D eigenvalue weighted by molar-refractivity contribution is 5.95. The van der Waals surface area contributed by atoms with Crippen molar-refractivity contribution in [1.82, 2.24) is 25.0 Å². The molecular weight excluding hydrogens is 390 g/mol. The van der Waals surface area contributed by atoms with Gasteiger partial charge in [0.05, 0.1) is 6.54 Å². The molecule has 162 valence electrons. The SMILES string of the molecule is CCc1n[nH]c(CN2CCCN(C(=O)c3ccc4c(c3)OCCO4)CC2)n1.O=CO. The number of nitrogens with zero attached hydrogens (tertiary/aromatic N) is 4. The summed E-state index contributed by atoms with van der Waals surface area (Å²) in [5.74, 6) is 3.13. The molecule has 30 heavy (non-hydrogen) atoms. The molecule has 2 N–H and O–H groups in total. The van der Waals surface area contributed by atoms with Crippen LogP contribution in [0.4, 0.5) is 0 Å². The van der Waals surface area contributed by atoms with E-state index in [2.05, 4.69) is 20.1 Å². The van der Waals surface area contributed by atoms with Crippen LogP contribution in [-0.4, -0.2) is 81.9 Å². The second-order valence-electron chi connectivity index (χ2n) is 6.94. The molecule has 1 saturated heterocycles. The first-order chi connectivity index (χ1) is 14.6. The molecule has 0 atom stereocenters. The zero-order valence-electron chi connectivity index (χ0n) is 17.0. The topological polar surface area (TPSA) is 121 Å². The third kappa shape index (κ3) is 5.47. The molecule has 3 heterocycles. The second kappa shape index (κ2) is 10.6. The second-order valence-corrected chi connectivity index (χ2v) is 6.94. The Morgan fingerprint density at radius 3 is 2.70 bits per heavy atom. The molecular formula is C20H27N5O5. The standard InChI is InChI=1S/C19H25N5O3.CH2O2/c1-2-17-20-18(22-21-17)13-23-6-3-7-24(9-8-23)19(25)14-4-5-15-16(12-14)27-11-10-26-15;2-1-3/h4-5,12H,2-3,6-11,13H2,1H3,(H,20,21,22);1H,(H,2,3). The van der Waals surface area contributed by atoms with E-state index >= 15 is 0 Å². The number of aryl methyl sites for hydroxylation is 1. The predicted octanol–water partition coefficient (Wildman–Crippen LogP) is 1.19. The highest BCUT2D eigenvalue weighted by Gasteiger charge is 2.23. The Morgan fingerprint density at radius 1 is 1.20 bits per heavy atom. The number of ether oxygens (including phenoxy) is 2. The third-order valence-electron chi connectivity index (χ3n) is 4.93. The Labute approximate surface area is 174 Å². The fourth-order valence-electron chi connectivity index (χ4n) is 3.47. The fourth-order valence-corrected chi connectivity index (χ4v) is 3.47. The monoisotopic (exact) mass is 417 g/mol. The molecule has 0 bridgehead atoms. The van der Waals surface area contributed by atoms with Gasteiger partial charge >= 0.3 is 0 Å². The molecule has 2 aromatic rings. The molecule has 1 amide bonds. The summed E-state index contributed by atoms with van der Waals surface area (Å²) < 4.78 is 11.1. The first kappa shape index (κ1) is 21.6. The minimum Gasteiger partial charge on any atom is -0.486 e. The number of carbonyl (C=O) groups excluding carboxylic acids is 1. The van der Waals surface area contributed by atoms with E-state index in [0.717, 1.165) is 50.7 Å². The van der Waals surface area contributed by atoms with Gasteiger partial charge in [-0.05, 0) is 24.6 Å². The number of hydrogen-bond donors (Lipinski definition) is 2. The smallest absolute Gasteiger partial charge is 0.290 e. The molecule has 10 heteroatoms. The van der Waals surface area contributed by atoms with Crippen LogP contribution in [-0.2, 0) is 17.8 Å². The van der Waals surface area contributed by atoms with Crippen molar-refractivity contribution in [1.29, 1.82) is 0 Å². The summed E-state index contributed by atoms with van der Waals surface area (Å²) in [6.45, 7) is 6.80. The lowest BCUT2D eigenvalue weighted by molar-refractivity contribution is -0.122. The van der Waals surface area contributed by atoms with Crippen molar-refractivity contribution in [3.63, 3.8) is 0 Å². The Bertz CT molecular complexity index is 856. The van der Waals surface area contributed by atoms with E-state index in [-0.39, 0.29) is 12.4 Å². The minimum absolute atomic E-state index is 0.0433. The summed E-state index contributed by atoms with van der Waals surface area (Å²) in [6.07, 6.45) is 1.76. The highest BCUT2D eigenvalue weighted by atomic mass is 16.6. The summed E-state index contributed by atoms with van der Waals surface area (Å²) in [4.78, 5) is 30.0. The van der Waals surface area contributed by atoms with E-state index < -0.39 is 0 Å². The molecule has 0 saturated carbocycles. The quantitative estimate of drug-likeness (QED) is 0.712. The van der Waals surface area contributed by atoms with Gasteiger partial charge in [-0.25, -0.2) is 4.98 Å². The number of rotatable bonds is 4. The molecule has 1 fully saturated rings. The van der Waals surface area contributed by atoms with E-state index in [9.17, 15) is 4.79 Å². The summed E-state index contributed by atoms with van der Waals surface area (Å²) in [6, 6.07) is 5.43. The van der Waals surface area contributed by atoms with Crippen LogP contribution >= 0.6 is 0 Å². The number of benzene rings is 1. The molecule has 0 radical (unpaired) electrons. The van der Waals surface area contributed by atoms with Crippen molar-refractivity contribution >= 4 is 12.4 Å². The van der Waals surface area contributed by atoms with Crippen LogP contribution in [0, 0.1) is 0 Å². The van der Waals surface area contributed by atoms with Crippen LogP contribution in [0.25, 0.3) is 0 Å². The number of H-pyrrole nitrogens is 1. The zero-order chi connectivity index (χ0) is 21.3. The number of aromatic amines is 1. The number of hydrogen-bond acceptors (Lipinski definition) is 7. The van der Waals surface area contributed by atoms with Crippen molar-refractivity contribution in [3.8, 4) is 11.5 Å². The maximum atomic E-state index is 12.9. The van der Waals surface area contributed by atoms with Gasteiger partial charge < -0.3 is 19.5 Å². The van der Waals surface area contributed by atoms with Gasteiger partial charge in [-0.1, -0.05) is 6.92 Å². The summed E-state index contributed by atoms with van der Waals surface area (Å²) in [5.41, 5.74) is 0.649. The van der Waals surface area contributed by atoms with E-state index in [0.29, 0.717) is 36.8 Å². The average molecular weight is 417 g/mol. The number of carbonyl (C=O) groups is 2.